The smallest absolute Gasteiger partial charge is 0.235 e. The van der Waals surface area contributed by atoms with Crippen LogP contribution < -0.4 is 25.3 Å². The van der Waals surface area contributed by atoms with Crippen molar-refractivity contribution in [1.82, 2.24) is 25.1 Å². The summed E-state index contributed by atoms with van der Waals surface area (Å²) in [5.74, 6) is 0.287. The van der Waals surface area contributed by atoms with Gasteiger partial charge in [0.15, 0.2) is 5.82 Å². The molecule has 3 aliphatic rings. The number of aromatic nitrogens is 4. The van der Waals surface area contributed by atoms with Gasteiger partial charge in [-0.15, -0.1) is 0 Å². The van der Waals surface area contributed by atoms with E-state index in [1.165, 1.54) is 0 Å². The molecule has 238 valence electrons. The molecule has 2 aromatic carbocycles. The lowest BCUT2D eigenvalue weighted by atomic mass is 9.92. The maximum atomic E-state index is 12.5. The van der Waals surface area contributed by atoms with Gasteiger partial charge in [0.1, 0.15) is 5.02 Å². The van der Waals surface area contributed by atoms with Crippen molar-refractivity contribution in [1.29, 1.82) is 0 Å². The number of anilines is 5. The van der Waals surface area contributed by atoms with E-state index in [9.17, 15) is 14.4 Å². The molecule has 3 atom stereocenters. The number of amides is 3. The Morgan fingerprint density at radius 1 is 1.09 bits per heavy atom. The van der Waals surface area contributed by atoms with Gasteiger partial charge in [-0.1, -0.05) is 11.6 Å². The Morgan fingerprint density at radius 2 is 1.91 bits per heavy atom. The predicted octanol–water partition coefficient (Wildman–Crippen LogP) is 4.29. The third-order valence-electron chi connectivity index (χ3n) is 9.64. The second-order valence-electron chi connectivity index (χ2n) is 12.5. The number of likely N-dealkylation sites (N-methyl/N-ethyl adjacent to an activating group) is 1. The number of nitrogens with one attached hydrogen (secondary N) is 2. The molecule has 7 rings (SSSR count). The largest absolute Gasteiger partial charge is 0.371 e. The lowest BCUT2D eigenvalue weighted by molar-refractivity contribution is -0.134. The molecule has 0 radical (unpaired) electrons. The number of rotatable bonds is 6. The van der Waals surface area contributed by atoms with E-state index < -0.39 is 5.92 Å². The summed E-state index contributed by atoms with van der Waals surface area (Å²) < 4.78 is 1.82. The molecule has 0 spiro atoms. The molecule has 46 heavy (non-hydrogen) atoms. The van der Waals surface area contributed by atoms with Gasteiger partial charge in [0.2, 0.25) is 23.7 Å². The van der Waals surface area contributed by atoms with E-state index in [0.717, 1.165) is 52.9 Å². The molecule has 3 aliphatic heterocycles. The molecule has 0 bridgehead atoms. The van der Waals surface area contributed by atoms with Crippen LogP contribution in [-0.2, 0) is 27.9 Å². The third-order valence-corrected chi connectivity index (χ3v) is 9.92. The highest BCUT2D eigenvalue weighted by atomic mass is 35.5. The van der Waals surface area contributed by atoms with E-state index in [1.807, 2.05) is 36.0 Å². The van der Waals surface area contributed by atoms with Crippen molar-refractivity contribution in [2.45, 2.75) is 57.0 Å². The molecule has 13 heteroatoms. The SMILES string of the molecule is C[C@H]1C[C@@H](N(C)c2ccc3c(C4CCC(=O)NC4=O)nn(C)c3c2)CCN1c1ncc(Cl)c(Nc2ccc3c(c2)CC(=O)N3C)n1. The van der Waals surface area contributed by atoms with Crippen LogP contribution in [0, 0.1) is 0 Å². The van der Waals surface area contributed by atoms with Crippen molar-refractivity contribution in [3.05, 3.63) is 58.9 Å². The van der Waals surface area contributed by atoms with Crippen LogP contribution in [0.25, 0.3) is 10.9 Å². The monoisotopic (exact) mass is 641 g/mol. The Morgan fingerprint density at radius 3 is 2.70 bits per heavy atom. The van der Waals surface area contributed by atoms with E-state index in [1.54, 1.807) is 18.1 Å². The lowest BCUT2D eigenvalue weighted by Gasteiger charge is -2.42. The number of benzene rings is 2. The summed E-state index contributed by atoms with van der Waals surface area (Å²) in [6.45, 7) is 2.97. The molecule has 2 saturated heterocycles. The number of hydrogen-bond acceptors (Lipinski definition) is 9. The van der Waals surface area contributed by atoms with Gasteiger partial charge in [0.25, 0.3) is 0 Å². The van der Waals surface area contributed by atoms with Crippen LogP contribution in [0.1, 0.15) is 49.8 Å². The summed E-state index contributed by atoms with van der Waals surface area (Å²) in [6, 6.07) is 12.6. The zero-order chi connectivity index (χ0) is 32.3. The van der Waals surface area contributed by atoms with Crippen LogP contribution in [-0.4, -0.2) is 70.2 Å². The van der Waals surface area contributed by atoms with Crippen molar-refractivity contribution in [2.24, 2.45) is 7.05 Å². The molecular formula is C33H36ClN9O3. The number of carbonyl (C=O) groups excluding carboxylic acids is 3. The Bertz CT molecular complexity index is 1890. The highest BCUT2D eigenvalue weighted by Gasteiger charge is 2.33. The summed E-state index contributed by atoms with van der Waals surface area (Å²) in [4.78, 5) is 51.9. The molecule has 2 aromatic heterocycles. The third kappa shape index (κ3) is 5.30. The summed E-state index contributed by atoms with van der Waals surface area (Å²) >= 11 is 6.51. The summed E-state index contributed by atoms with van der Waals surface area (Å²) in [5, 5.41) is 11.8. The lowest BCUT2D eigenvalue weighted by Crippen LogP contribution is -2.48. The van der Waals surface area contributed by atoms with Crippen molar-refractivity contribution in [2.75, 3.05) is 40.7 Å². The Balaban J connectivity index is 1.05. The van der Waals surface area contributed by atoms with Crippen molar-refractivity contribution in [3.63, 3.8) is 0 Å². The number of imide groups is 1. The summed E-state index contributed by atoms with van der Waals surface area (Å²) in [6.07, 6.45) is 4.62. The molecule has 12 nitrogen and oxygen atoms in total. The highest BCUT2D eigenvalue weighted by molar-refractivity contribution is 6.33. The van der Waals surface area contributed by atoms with Crippen LogP contribution in [0.15, 0.2) is 42.6 Å². The molecule has 0 aliphatic carbocycles. The number of aryl methyl sites for hydroxylation is 1. The minimum atomic E-state index is -0.429. The molecule has 0 saturated carbocycles. The quantitative estimate of drug-likeness (QED) is 0.296. The fourth-order valence-electron chi connectivity index (χ4n) is 6.98. The average Bonchev–Trinajstić information content (AvgIpc) is 3.51. The average molecular weight is 642 g/mol. The van der Waals surface area contributed by atoms with Crippen LogP contribution in [0.2, 0.25) is 5.02 Å². The number of carbonyl (C=O) groups is 3. The molecule has 3 amide bonds. The first-order valence-electron chi connectivity index (χ1n) is 15.6. The van der Waals surface area contributed by atoms with E-state index in [4.69, 9.17) is 21.7 Å². The van der Waals surface area contributed by atoms with E-state index in [-0.39, 0.29) is 23.8 Å². The predicted molar refractivity (Wildman–Crippen MR) is 178 cm³/mol. The zero-order valence-corrected chi connectivity index (χ0v) is 27.0. The van der Waals surface area contributed by atoms with Gasteiger partial charge in [0.05, 0.1) is 29.7 Å². The topological polar surface area (TPSA) is 129 Å². The van der Waals surface area contributed by atoms with E-state index in [0.29, 0.717) is 47.8 Å². The first-order chi connectivity index (χ1) is 22.1. The fourth-order valence-corrected chi connectivity index (χ4v) is 7.12. The van der Waals surface area contributed by atoms with Crippen molar-refractivity contribution >= 4 is 69.1 Å². The maximum absolute atomic E-state index is 12.5. The maximum Gasteiger partial charge on any atom is 0.235 e. The van der Waals surface area contributed by atoms with Crippen molar-refractivity contribution in [3.8, 4) is 0 Å². The Hall–Kier alpha value is -4.71. The van der Waals surface area contributed by atoms with Crippen LogP contribution in [0.5, 0.6) is 0 Å². The molecule has 2 fully saturated rings. The number of fused-ring (bicyclic) bond motifs is 2. The minimum Gasteiger partial charge on any atom is -0.371 e. The number of halogens is 1. The van der Waals surface area contributed by atoms with E-state index >= 15 is 0 Å². The first-order valence-corrected chi connectivity index (χ1v) is 15.9. The Kier molecular flexibility index (Phi) is 7.54. The number of hydrogen-bond donors (Lipinski definition) is 2. The molecule has 5 heterocycles. The minimum absolute atomic E-state index is 0.0778. The van der Waals surface area contributed by atoms with Gasteiger partial charge in [0, 0.05) is 68.6 Å². The standard InChI is InChI=1S/C33H36ClN9O3/c1-18-13-22(40(2)21-6-7-23-27(16-21)42(4)39-30(23)24-8-10-28(44)37-32(24)46)11-12-43(18)33-35-17-25(34)31(38-33)36-20-5-9-26-19(14-20)15-29(45)41(26)3/h5-7,9,14,16-18,22,24H,8,10-13,15H2,1-4H3,(H,35,36,38)(H,37,44,46)/t18-,22-,24?/m0/s1. The summed E-state index contributed by atoms with van der Waals surface area (Å²) in [5.41, 5.74) is 5.45. The highest BCUT2D eigenvalue weighted by Crippen LogP contribution is 2.36. The van der Waals surface area contributed by atoms with Crippen LogP contribution in [0.4, 0.5) is 28.8 Å². The van der Waals surface area contributed by atoms with Crippen molar-refractivity contribution < 1.29 is 14.4 Å². The van der Waals surface area contributed by atoms with E-state index in [2.05, 4.69) is 51.5 Å². The Labute approximate surface area is 271 Å². The normalized spacial score (nSPS) is 21.5. The second kappa shape index (κ2) is 11.6. The van der Waals surface area contributed by atoms with Gasteiger partial charge in [-0.25, -0.2) is 4.98 Å². The van der Waals surface area contributed by atoms with Gasteiger partial charge < -0.3 is 20.0 Å². The van der Waals surface area contributed by atoms with Gasteiger partial charge in [-0.2, -0.15) is 10.1 Å². The molecule has 4 aromatic rings. The first kappa shape index (κ1) is 30.0. The van der Waals surface area contributed by atoms with Gasteiger partial charge in [-0.3, -0.25) is 24.4 Å². The summed E-state index contributed by atoms with van der Waals surface area (Å²) in [7, 11) is 5.80. The molecule has 2 N–H and O–H groups in total. The van der Waals surface area contributed by atoms with Crippen LogP contribution >= 0.6 is 11.6 Å². The fraction of sp³-hybridized carbons (Fsp3) is 0.394. The van der Waals surface area contributed by atoms with Crippen LogP contribution in [0.3, 0.4) is 0 Å². The zero-order valence-electron chi connectivity index (χ0n) is 26.2. The second-order valence-corrected chi connectivity index (χ2v) is 12.9. The molecule has 1 unspecified atom stereocenters. The molecular weight excluding hydrogens is 606 g/mol. The number of nitrogens with zero attached hydrogens (tertiary/aromatic N) is 7. The number of piperidine rings is 2. The van der Waals surface area contributed by atoms with Gasteiger partial charge >= 0.3 is 0 Å². The van der Waals surface area contributed by atoms with Gasteiger partial charge in [-0.05, 0) is 68.1 Å².